The summed E-state index contributed by atoms with van der Waals surface area (Å²) in [6.45, 7) is 0. The molecule has 6 nitrogen and oxygen atoms in total. The van der Waals surface area contributed by atoms with Gasteiger partial charge in [-0.05, 0) is 67.6 Å². The zero-order chi connectivity index (χ0) is 23.0. The zero-order valence-electron chi connectivity index (χ0n) is 18.0. The maximum atomic E-state index is 12.9. The van der Waals surface area contributed by atoms with E-state index in [1.807, 2.05) is 24.3 Å². The van der Waals surface area contributed by atoms with Crippen LogP contribution in [0.4, 0.5) is 5.00 Å². The molecule has 2 aromatic heterocycles. The monoisotopic (exact) mass is 498 g/mol. The number of sulfone groups is 1. The summed E-state index contributed by atoms with van der Waals surface area (Å²) in [5.41, 5.74) is 3.11. The van der Waals surface area contributed by atoms with Crippen LogP contribution in [0.25, 0.3) is 20.8 Å². The van der Waals surface area contributed by atoms with E-state index in [4.69, 9.17) is 9.72 Å². The maximum absolute atomic E-state index is 12.9. The second-order valence-electron chi connectivity index (χ2n) is 7.88. The van der Waals surface area contributed by atoms with E-state index < -0.39 is 21.5 Å². The average molecular weight is 499 g/mol. The maximum Gasteiger partial charge on any atom is 0.240 e. The number of hydrogen-bond donors (Lipinski definition) is 1. The molecule has 0 atom stereocenters. The standard InChI is InChI=1S/C24H22N2O4S3/c1-30-15-10-12-16(13-11-15)33(28,29)14-21(27)26-24-22(17-6-2-4-8-19(17)31-24)23-25-18-7-3-5-9-20(18)32-23/h3,5,7,9-13H,2,4,6,8,14H2,1H3,(H,26,27). The highest BCUT2D eigenvalue weighted by atomic mass is 32.2. The molecule has 170 valence electrons. The van der Waals surface area contributed by atoms with Crippen molar-refractivity contribution in [3.05, 3.63) is 59.0 Å². The molecule has 9 heteroatoms. The summed E-state index contributed by atoms with van der Waals surface area (Å²) >= 11 is 3.14. The van der Waals surface area contributed by atoms with Gasteiger partial charge in [-0.3, -0.25) is 4.79 Å². The van der Waals surface area contributed by atoms with Crippen molar-refractivity contribution in [1.29, 1.82) is 0 Å². The van der Waals surface area contributed by atoms with E-state index in [0.717, 1.165) is 46.5 Å². The van der Waals surface area contributed by atoms with E-state index in [-0.39, 0.29) is 4.90 Å². The number of thiazole rings is 1. The minimum Gasteiger partial charge on any atom is -0.497 e. The Balaban J connectivity index is 1.45. The van der Waals surface area contributed by atoms with Gasteiger partial charge >= 0.3 is 0 Å². The van der Waals surface area contributed by atoms with Crippen molar-refractivity contribution in [3.63, 3.8) is 0 Å². The van der Waals surface area contributed by atoms with Gasteiger partial charge in [0.25, 0.3) is 0 Å². The van der Waals surface area contributed by atoms with Crippen LogP contribution in [0.1, 0.15) is 23.3 Å². The Hall–Kier alpha value is -2.75. The fraction of sp³-hybridized carbons (Fsp3) is 0.250. The van der Waals surface area contributed by atoms with Crippen LogP contribution in [0.2, 0.25) is 0 Å². The summed E-state index contributed by atoms with van der Waals surface area (Å²) in [4.78, 5) is 19.0. The Morgan fingerprint density at radius 3 is 2.58 bits per heavy atom. The molecule has 0 spiro atoms. The van der Waals surface area contributed by atoms with Crippen LogP contribution < -0.4 is 10.1 Å². The van der Waals surface area contributed by atoms with Gasteiger partial charge in [-0.25, -0.2) is 13.4 Å². The van der Waals surface area contributed by atoms with Crippen molar-refractivity contribution >= 4 is 53.6 Å². The number of rotatable bonds is 6. The third-order valence-electron chi connectivity index (χ3n) is 5.67. The molecule has 0 bridgehead atoms. The second kappa shape index (κ2) is 8.89. The normalized spacial score (nSPS) is 13.6. The number of amides is 1. The molecule has 0 unspecified atom stereocenters. The van der Waals surface area contributed by atoms with Crippen molar-refractivity contribution in [2.24, 2.45) is 0 Å². The third kappa shape index (κ3) is 4.40. The van der Waals surface area contributed by atoms with Gasteiger partial charge in [0.2, 0.25) is 5.91 Å². The Labute approximate surface area is 200 Å². The van der Waals surface area contributed by atoms with Gasteiger partial charge in [-0.1, -0.05) is 12.1 Å². The number of nitrogens with zero attached hydrogens (tertiary/aromatic N) is 1. The number of para-hydroxylation sites is 1. The topological polar surface area (TPSA) is 85.4 Å². The van der Waals surface area contributed by atoms with E-state index in [0.29, 0.717) is 10.8 Å². The SMILES string of the molecule is COc1ccc(S(=O)(=O)CC(=O)Nc2sc3c(c2-c2nc4ccccc4s2)CCCC3)cc1. The van der Waals surface area contributed by atoms with Crippen LogP contribution in [-0.2, 0) is 27.5 Å². The Morgan fingerprint density at radius 1 is 1.06 bits per heavy atom. The van der Waals surface area contributed by atoms with Crippen LogP contribution in [-0.4, -0.2) is 32.2 Å². The first-order chi connectivity index (χ1) is 15.9. The van der Waals surface area contributed by atoms with Gasteiger partial charge in [-0.15, -0.1) is 22.7 Å². The number of hydrogen-bond acceptors (Lipinski definition) is 7. The molecule has 1 amide bonds. The number of methoxy groups -OCH3 is 1. The van der Waals surface area contributed by atoms with E-state index in [1.165, 1.54) is 29.7 Å². The molecule has 0 saturated carbocycles. The van der Waals surface area contributed by atoms with Gasteiger partial charge in [0.1, 0.15) is 21.5 Å². The molecule has 33 heavy (non-hydrogen) atoms. The quantitative estimate of drug-likeness (QED) is 0.389. The van der Waals surface area contributed by atoms with Gasteiger partial charge in [0.15, 0.2) is 9.84 Å². The summed E-state index contributed by atoms with van der Waals surface area (Å²) in [6.07, 6.45) is 4.13. The Bertz CT molecular complexity index is 1400. The summed E-state index contributed by atoms with van der Waals surface area (Å²) in [5.74, 6) is -0.615. The van der Waals surface area contributed by atoms with E-state index in [9.17, 15) is 13.2 Å². The molecule has 0 saturated heterocycles. The second-order valence-corrected chi connectivity index (χ2v) is 12.0. The van der Waals surface area contributed by atoms with E-state index in [1.54, 1.807) is 34.8 Å². The predicted octanol–water partition coefficient (Wildman–Crippen LogP) is 5.32. The van der Waals surface area contributed by atoms with Crippen LogP contribution in [0.3, 0.4) is 0 Å². The minimum absolute atomic E-state index is 0.0929. The molecule has 2 aromatic carbocycles. The van der Waals surface area contributed by atoms with E-state index in [2.05, 4.69) is 5.32 Å². The van der Waals surface area contributed by atoms with Crippen LogP contribution >= 0.6 is 22.7 Å². The fourth-order valence-electron chi connectivity index (χ4n) is 4.06. The number of benzene rings is 2. The highest BCUT2D eigenvalue weighted by Crippen LogP contribution is 2.46. The smallest absolute Gasteiger partial charge is 0.240 e. The van der Waals surface area contributed by atoms with Crippen molar-refractivity contribution in [2.75, 3.05) is 18.2 Å². The van der Waals surface area contributed by atoms with Gasteiger partial charge < -0.3 is 10.1 Å². The fourth-order valence-corrected chi connectivity index (χ4v) is 7.61. The van der Waals surface area contributed by atoms with Gasteiger partial charge in [0, 0.05) is 10.4 Å². The molecular weight excluding hydrogens is 476 g/mol. The van der Waals surface area contributed by atoms with Gasteiger partial charge in [0.05, 0.1) is 22.2 Å². The summed E-state index contributed by atoms with van der Waals surface area (Å²) < 4.78 is 31.7. The number of nitrogens with one attached hydrogen (secondary N) is 1. The molecule has 4 aromatic rings. The molecule has 2 heterocycles. The predicted molar refractivity (Wildman–Crippen MR) is 133 cm³/mol. The summed E-state index contributed by atoms with van der Waals surface area (Å²) in [5, 5.41) is 4.46. The minimum atomic E-state index is -3.78. The molecular formula is C24H22N2O4S3. The summed E-state index contributed by atoms with van der Waals surface area (Å²) in [7, 11) is -2.27. The largest absolute Gasteiger partial charge is 0.497 e. The first-order valence-electron chi connectivity index (χ1n) is 10.6. The average Bonchev–Trinajstić information content (AvgIpc) is 3.39. The highest BCUT2D eigenvalue weighted by Gasteiger charge is 2.27. The number of ether oxygens (including phenoxy) is 1. The molecule has 1 N–H and O–H groups in total. The molecule has 1 aliphatic rings. The Morgan fingerprint density at radius 2 is 1.82 bits per heavy atom. The highest BCUT2D eigenvalue weighted by molar-refractivity contribution is 7.92. The molecule has 5 rings (SSSR count). The molecule has 1 aliphatic carbocycles. The first kappa shape index (κ1) is 22.1. The lowest BCUT2D eigenvalue weighted by Crippen LogP contribution is -2.22. The third-order valence-corrected chi connectivity index (χ3v) is 9.57. The lowest BCUT2D eigenvalue weighted by Gasteiger charge is -2.12. The number of aromatic nitrogens is 1. The number of thiophene rings is 1. The molecule has 0 fully saturated rings. The first-order valence-corrected chi connectivity index (χ1v) is 13.9. The number of aryl methyl sites for hydroxylation is 1. The van der Waals surface area contributed by atoms with Crippen molar-refractivity contribution in [1.82, 2.24) is 4.98 Å². The molecule has 0 radical (unpaired) electrons. The Kier molecular flexibility index (Phi) is 5.94. The summed E-state index contributed by atoms with van der Waals surface area (Å²) in [6, 6.07) is 14.0. The van der Waals surface area contributed by atoms with Gasteiger partial charge in [-0.2, -0.15) is 0 Å². The van der Waals surface area contributed by atoms with Crippen molar-refractivity contribution in [3.8, 4) is 16.3 Å². The van der Waals surface area contributed by atoms with E-state index >= 15 is 0 Å². The van der Waals surface area contributed by atoms with Crippen LogP contribution in [0, 0.1) is 0 Å². The lowest BCUT2D eigenvalue weighted by atomic mass is 9.96. The number of fused-ring (bicyclic) bond motifs is 2. The van der Waals surface area contributed by atoms with Crippen molar-refractivity contribution in [2.45, 2.75) is 30.6 Å². The number of carbonyl (C=O) groups is 1. The zero-order valence-corrected chi connectivity index (χ0v) is 20.4. The number of anilines is 1. The van der Waals surface area contributed by atoms with Crippen LogP contribution in [0.15, 0.2) is 53.4 Å². The van der Waals surface area contributed by atoms with Crippen molar-refractivity contribution < 1.29 is 17.9 Å². The number of carbonyl (C=O) groups excluding carboxylic acids is 1. The molecule has 0 aliphatic heterocycles. The lowest BCUT2D eigenvalue weighted by molar-refractivity contribution is -0.113. The van der Waals surface area contributed by atoms with Crippen LogP contribution in [0.5, 0.6) is 5.75 Å².